The van der Waals surface area contributed by atoms with Crippen molar-refractivity contribution in [3.63, 3.8) is 0 Å². The zero-order valence-electron chi connectivity index (χ0n) is 9.82. The molecule has 0 saturated carbocycles. The van der Waals surface area contributed by atoms with Crippen molar-refractivity contribution in [2.24, 2.45) is 5.92 Å². The maximum absolute atomic E-state index is 12.5. The van der Waals surface area contributed by atoms with Crippen molar-refractivity contribution in [3.8, 4) is 0 Å². The molecule has 0 amide bonds. The van der Waals surface area contributed by atoms with Crippen LogP contribution in [0.1, 0.15) is 38.4 Å². The molecular weight excluding hydrogens is 225 g/mol. The Morgan fingerprint density at radius 3 is 2.62 bits per heavy atom. The van der Waals surface area contributed by atoms with Gasteiger partial charge in [0.2, 0.25) is 5.13 Å². The number of hydrogen-bond acceptors (Lipinski definition) is 4. The number of aromatic nitrogens is 2. The smallest absolute Gasteiger partial charge is 0.205 e. The summed E-state index contributed by atoms with van der Waals surface area (Å²) in [6.45, 7) is 5.85. The third-order valence-corrected chi connectivity index (χ3v) is 3.84. The first-order chi connectivity index (χ1) is 7.70. The Balaban J connectivity index is 1.97. The van der Waals surface area contributed by atoms with Gasteiger partial charge in [-0.05, 0) is 18.8 Å². The van der Waals surface area contributed by atoms with Crippen LogP contribution in [0.25, 0.3) is 0 Å². The summed E-state index contributed by atoms with van der Waals surface area (Å²) in [6, 6.07) is 0. The molecule has 1 fully saturated rings. The lowest BCUT2D eigenvalue weighted by atomic mass is 9.99. The molecule has 0 unspecified atom stereocenters. The van der Waals surface area contributed by atoms with Gasteiger partial charge in [-0.1, -0.05) is 13.8 Å². The Morgan fingerprint density at radius 2 is 2.12 bits per heavy atom. The zero-order valence-corrected chi connectivity index (χ0v) is 10.6. The minimum absolute atomic E-state index is 0.179. The first-order valence-electron chi connectivity index (χ1n) is 5.85. The quantitative estimate of drug-likeness (QED) is 0.817. The lowest BCUT2D eigenvalue weighted by Gasteiger charge is -2.29. The van der Waals surface area contributed by atoms with E-state index in [4.69, 9.17) is 0 Å². The first kappa shape index (κ1) is 11.8. The number of hydrogen-bond donors (Lipinski definition) is 0. The van der Waals surface area contributed by atoms with Crippen LogP contribution in [-0.4, -0.2) is 29.1 Å². The largest absolute Gasteiger partial charge is 0.347 e. The van der Waals surface area contributed by atoms with E-state index in [1.54, 1.807) is 0 Å². The molecule has 0 aliphatic carbocycles. The zero-order chi connectivity index (χ0) is 11.5. The van der Waals surface area contributed by atoms with E-state index >= 15 is 0 Å². The van der Waals surface area contributed by atoms with Crippen LogP contribution in [0.5, 0.6) is 0 Å². The monoisotopic (exact) mass is 243 g/mol. The normalized spacial score (nSPS) is 18.4. The lowest BCUT2D eigenvalue weighted by Crippen LogP contribution is -2.34. The minimum atomic E-state index is -0.179. The summed E-state index contributed by atoms with van der Waals surface area (Å²) in [5, 5.41) is 1.00. The molecule has 0 bridgehead atoms. The third kappa shape index (κ3) is 2.51. The van der Waals surface area contributed by atoms with Crippen molar-refractivity contribution < 1.29 is 4.39 Å². The molecule has 5 heteroatoms. The SMILES string of the molecule is CC(C)c1nsc(N2CCC(CF)CC2)n1. The van der Waals surface area contributed by atoms with E-state index < -0.39 is 0 Å². The van der Waals surface area contributed by atoms with Gasteiger partial charge in [0.1, 0.15) is 5.82 Å². The van der Waals surface area contributed by atoms with Crippen LogP contribution >= 0.6 is 11.5 Å². The molecule has 3 nitrogen and oxygen atoms in total. The molecule has 90 valence electrons. The van der Waals surface area contributed by atoms with E-state index in [9.17, 15) is 4.39 Å². The van der Waals surface area contributed by atoms with Gasteiger partial charge >= 0.3 is 0 Å². The average Bonchev–Trinajstić information content (AvgIpc) is 2.78. The van der Waals surface area contributed by atoms with Crippen LogP contribution < -0.4 is 4.90 Å². The molecule has 16 heavy (non-hydrogen) atoms. The van der Waals surface area contributed by atoms with E-state index in [-0.39, 0.29) is 12.6 Å². The van der Waals surface area contributed by atoms with Crippen molar-refractivity contribution in [1.29, 1.82) is 0 Å². The number of rotatable bonds is 3. The summed E-state index contributed by atoms with van der Waals surface area (Å²) in [5.41, 5.74) is 0. The summed E-state index contributed by atoms with van der Waals surface area (Å²) in [5.74, 6) is 1.56. The van der Waals surface area contributed by atoms with E-state index in [1.165, 1.54) is 11.5 Å². The highest BCUT2D eigenvalue weighted by atomic mass is 32.1. The number of piperidine rings is 1. The van der Waals surface area contributed by atoms with Gasteiger partial charge in [0.25, 0.3) is 0 Å². The number of anilines is 1. The molecule has 2 heterocycles. The fourth-order valence-electron chi connectivity index (χ4n) is 1.87. The fourth-order valence-corrected chi connectivity index (χ4v) is 2.73. The molecule has 1 aliphatic heterocycles. The van der Waals surface area contributed by atoms with Crippen LogP contribution in [0.15, 0.2) is 0 Å². The number of nitrogens with zero attached hydrogens (tertiary/aromatic N) is 3. The van der Waals surface area contributed by atoms with Gasteiger partial charge in [-0.15, -0.1) is 0 Å². The second-order valence-corrected chi connectivity index (χ2v) is 5.40. The standard InChI is InChI=1S/C11H18FN3S/c1-8(2)10-13-11(16-14-10)15-5-3-9(7-12)4-6-15/h8-9H,3-7H2,1-2H3. The van der Waals surface area contributed by atoms with E-state index in [1.807, 2.05) is 0 Å². The number of alkyl halides is 1. The number of halogens is 1. The molecule has 0 N–H and O–H groups in total. The van der Waals surface area contributed by atoms with E-state index in [0.717, 1.165) is 36.9 Å². The molecule has 0 spiro atoms. The molecule has 0 aromatic carbocycles. The van der Waals surface area contributed by atoms with Crippen molar-refractivity contribution in [2.75, 3.05) is 24.7 Å². The molecule has 1 aromatic rings. The van der Waals surface area contributed by atoms with Gasteiger partial charge < -0.3 is 4.90 Å². The maximum Gasteiger partial charge on any atom is 0.205 e. The Bertz CT molecular complexity index is 332. The molecule has 1 saturated heterocycles. The van der Waals surface area contributed by atoms with Gasteiger partial charge in [-0.25, -0.2) is 4.98 Å². The topological polar surface area (TPSA) is 29.0 Å². The molecule has 1 aliphatic rings. The van der Waals surface area contributed by atoms with Gasteiger partial charge in [0.05, 0.1) is 6.67 Å². The molecule has 1 aromatic heterocycles. The summed E-state index contributed by atoms with van der Waals surface area (Å²) < 4.78 is 16.8. The van der Waals surface area contributed by atoms with Crippen LogP contribution in [0.3, 0.4) is 0 Å². The minimum Gasteiger partial charge on any atom is -0.347 e. The highest BCUT2D eigenvalue weighted by molar-refractivity contribution is 7.09. The van der Waals surface area contributed by atoms with Gasteiger partial charge in [0, 0.05) is 30.5 Å². The lowest BCUT2D eigenvalue weighted by molar-refractivity contribution is 0.307. The summed E-state index contributed by atoms with van der Waals surface area (Å²) >= 11 is 1.46. The molecular formula is C11H18FN3S. The predicted octanol–water partition coefficient (Wildman–Crippen LogP) is 2.85. The second-order valence-electron chi connectivity index (χ2n) is 4.67. The molecule has 0 atom stereocenters. The predicted molar refractivity (Wildman–Crippen MR) is 64.9 cm³/mol. The van der Waals surface area contributed by atoms with Crippen LogP contribution in [0, 0.1) is 5.92 Å². The van der Waals surface area contributed by atoms with Crippen molar-refractivity contribution in [1.82, 2.24) is 9.36 Å². The van der Waals surface area contributed by atoms with Crippen molar-refractivity contribution >= 4 is 16.7 Å². The highest BCUT2D eigenvalue weighted by Crippen LogP contribution is 2.26. The van der Waals surface area contributed by atoms with Gasteiger partial charge in [-0.2, -0.15) is 4.37 Å². The fraction of sp³-hybridized carbons (Fsp3) is 0.818. The Labute approximate surface area is 99.9 Å². The van der Waals surface area contributed by atoms with Crippen molar-refractivity contribution in [2.45, 2.75) is 32.6 Å². The summed E-state index contributed by atoms with van der Waals surface area (Å²) in [6.07, 6.45) is 1.88. The average molecular weight is 243 g/mol. The third-order valence-electron chi connectivity index (χ3n) is 3.05. The highest BCUT2D eigenvalue weighted by Gasteiger charge is 2.21. The Hall–Kier alpha value is -0.710. The van der Waals surface area contributed by atoms with E-state index in [2.05, 4.69) is 28.1 Å². The Morgan fingerprint density at radius 1 is 1.44 bits per heavy atom. The Kier molecular flexibility index (Phi) is 3.74. The van der Waals surface area contributed by atoms with Crippen molar-refractivity contribution in [3.05, 3.63) is 5.82 Å². The van der Waals surface area contributed by atoms with Crippen LogP contribution in [0.4, 0.5) is 9.52 Å². The summed E-state index contributed by atoms with van der Waals surface area (Å²) in [7, 11) is 0. The molecule has 2 rings (SSSR count). The first-order valence-corrected chi connectivity index (χ1v) is 6.62. The van der Waals surface area contributed by atoms with Gasteiger partial charge in [-0.3, -0.25) is 4.39 Å². The molecule has 0 radical (unpaired) electrons. The second kappa shape index (κ2) is 5.08. The van der Waals surface area contributed by atoms with Crippen LogP contribution in [0.2, 0.25) is 0 Å². The maximum atomic E-state index is 12.5. The van der Waals surface area contributed by atoms with Crippen LogP contribution in [-0.2, 0) is 0 Å². The summed E-state index contributed by atoms with van der Waals surface area (Å²) in [4.78, 5) is 6.76. The van der Waals surface area contributed by atoms with E-state index in [0.29, 0.717) is 5.92 Å². The van der Waals surface area contributed by atoms with Gasteiger partial charge in [0.15, 0.2) is 0 Å².